The third kappa shape index (κ3) is 3.79. The lowest BCUT2D eigenvalue weighted by atomic mass is 10.2. The Hall–Kier alpha value is -4.53. The van der Waals surface area contributed by atoms with E-state index in [1.165, 1.54) is 6.07 Å². The summed E-state index contributed by atoms with van der Waals surface area (Å²) in [5, 5.41) is 15.8. The number of nitrogens with one attached hydrogen (secondary N) is 1. The van der Waals surface area contributed by atoms with E-state index in [0.29, 0.717) is 28.3 Å². The van der Waals surface area contributed by atoms with Gasteiger partial charge in [-0.3, -0.25) is 9.59 Å². The number of hydrogen-bond acceptors (Lipinski definition) is 7. The molecule has 0 radical (unpaired) electrons. The molecule has 2 aromatic carbocycles. The van der Waals surface area contributed by atoms with Crippen molar-refractivity contribution in [2.45, 2.75) is 0 Å². The summed E-state index contributed by atoms with van der Waals surface area (Å²) >= 11 is 0. The van der Waals surface area contributed by atoms with Gasteiger partial charge in [-0.05, 0) is 18.2 Å². The number of fused-ring (bicyclic) bond motifs is 2. The molecule has 0 aliphatic heterocycles. The van der Waals surface area contributed by atoms with Crippen LogP contribution in [0.4, 0.5) is 0 Å². The summed E-state index contributed by atoms with van der Waals surface area (Å²) in [5.74, 6) is 0.418. The number of hydrogen-bond donors (Lipinski definition) is 1. The first-order valence-corrected chi connectivity index (χ1v) is 9.91. The van der Waals surface area contributed by atoms with Crippen LogP contribution >= 0.6 is 0 Å². The lowest BCUT2D eigenvalue weighted by Gasteiger charge is -2.08. The highest BCUT2D eigenvalue weighted by molar-refractivity contribution is 5.93. The molecule has 32 heavy (non-hydrogen) atoms. The van der Waals surface area contributed by atoms with Gasteiger partial charge in [0, 0.05) is 17.7 Å². The number of rotatable bonds is 6. The van der Waals surface area contributed by atoms with E-state index in [1.54, 1.807) is 40.9 Å². The Labute approximate surface area is 181 Å². The molecule has 158 valence electrons. The molecular formula is C23H17N5O4. The van der Waals surface area contributed by atoms with Crippen LogP contribution in [0.25, 0.3) is 28.0 Å². The van der Waals surface area contributed by atoms with Crippen molar-refractivity contribution < 1.29 is 13.9 Å². The molecule has 0 saturated carbocycles. The number of carbonyl (C=O) groups excluding carboxylic acids is 1. The van der Waals surface area contributed by atoms with Crippen LogP contribution in [-0.4, -0.2) is 38.9 Å². The first-order chi connectivity index (χ1) is 15.7. The fraction of sp³-hybridized carbons (Fsp3) is 0.0870. The number of ether oxygens (including phenoxy) is 1. The summed E-state index contributed by atoms with van der Waals surface area (Å²) in [7, 11) is 0. The number of benzene rings is 2. The summed E-state index contributed by atoms with van der Waals surface area (Å²) < 4.78 is 12.8. The van der Waals surface area contributed by atoms with Gasteiger partial charge in [-0.1, -0.05) is 42.5 Å². The van der Waals surface area contributed by atoms with Crippen molar-refractivity contribution >= 4 is 22.5 Å². The van der Waals surface area contributed by atoms with Crippen LogP contribution in [0, 0.1) is 0 Å². The Morgan fingerprint density at radius 2 is 1.81 bits per heavy atom. The summed E-state index contributed by atoms with van der Waals surface area (Å²) in [6.45, 7) is 0.369. The molecule has 9 nitrogen and oxygen atoms in total. The van der Waals surface area contributed by atoms with Crippen LogP contribution in [0.5, 0.6) is 5.88 Å². The van der Waals surface area contributed by atoms with Crippen LogP contribution < -0.4 is 15.5 Å². The molecule has 5 rings (SSSR count). The zero-order valence-electron chi connectivity index (χ0n) is 16.8. The summed E-state index contributed by atoms with van der Waals surface area (Å²) in [6.07, 6.45) is 0. The van der Waals surface area contributed by atoms with Gasteiger partial charge in [0.15, 0.2) is 22.7 Å². The minimum absolute atomic E-state index is 0.0507. The predicted octanol–water partition coefficient (Wildman–Crippen LogP) is 2.71. The monoisotopic (exact) mass is 427 g/mol. The molecular weight excluding hydrogens is 410 g/mol. The maximum absolute atomic E-state index is 12.4. The Kier molecular flexibility index (Phi) is 5.04. The van der Waals surface area contributed by atoms with Gasteiger partial charge in [0.1, 0.15) is 12.2 Å². The van der Waals surface area contributed by atoms with E-state index in [1.807, 2.05) is 30.3 Å². The van der Waals surface area contributed by atoms with Gasteiger partial charge in [-0.2, -0.15) is 4.52 Å². The van der Waals surface area contributed by atoms with Gasteiger partial charge < -0.3 is 14.5 Å². The highest BCUT2D eigenvalue weighted by Crippen LogP contribution is 2.18. The van der Waals surface area contributed by atoms with Crippen LogP contribution in [-0.2, 0) is 0 Å². The van der Waals surface area contributed by atoms with Gasteiger partial charge in [-0.25, -0.2) is 0 Å². The number of amides is 1. The lowest BCUT2D eigenvalue weighted by molar-refractivity contribution is 0.0919. The first-order valence-electron chi connectivity index (χ1n) is 9.91. The van der Waals surface area contributed by atoms with E-state index in [-0.39, 0.29) is 24.3 Å². The molecule has 0 fully saturated rings. The van der Waals surface area contributed by atoms with E-state index in [9.17, 15) is 9.59 Å². The summed E-state index contributed by atoms with van der Waals surface area (Å²) in [5.41, 5.74) is 1.57. The number of carbonyl (C=O) groups is 1. The fourth-order valence-electron chi connectivity index (χ4n) is 3.24. The second-order valence-electron chi connectivity index (χ2n) is 6.91. The van der Waals surface area contributed by atoms with E-state index in [0.717, 1.165) is 5.56 Å². The molecule has 3 heterocycles. The van der Waals surface area contributed by atoms with Crippen LogP contribution in [0.15, 0.2) is 82.0 Å². The summed E-state index contributed by atoms with van der Waals surface area (Å²) in [6, 6.07) is 21.0. The first kappa shape index (κ1) is 19.4. The van der Waals surface area contributed by atoms with E-state index in [4.69, 9.17) is 9.15 Å². The molecule has 5 aromatic rings. The third-order valence-electron chi connectivity index (χ3n) is 4.77. The molecule has 0 saturated heterocycles. The zero-order valence-corrected chi connectivity index (χ0v) is 16.8. The standard InChI is InChI=1S/C23H17N5O4/c29-17-14-19(32-18-9-5-4-8-16(17)18)23(30)24-12-13-31-21-11-10-20-25-26-22(28(20)27-21)15-6-2-1-3-7-15/h1-11,14H,12-13H2,(H,24,30). The normalized spacial score (nSPS) is 11.0. The SMILES string of the molecule is O=C(NCCOc1ccc2nnc(-c3ccccc3)n2n1)c1cc(=O)c2ccccc2o1. The van der Waals surface area contributed by atoms with E-state index >= 15 is 0 Å². The van der Waals surface area contributed by atoms with Gasteiger partial charge in [0.2, 0.25) is 5.88 Å². The Morgan fingerprint density at radius 1 is 1.00 bits per heavy atom. The van der Waals surface area contributed by atoms with Crippen molar-refractivity contribution in [3.05, 3.63) is 88.8 Å². The van der Waals surface area contributed by atoms with Crippen molar-refractivity contribution in [2.24, 2.45) is 0 Å². The molecule has 1 amide bonds. The van der Waals surface area contributed by atoms with Crippen molar-refractivity contribution in [3.8, 4) is 17.3 Å². The molecule has 3 aromatic heterocycles. The van der Waals surface area contributed by atoms with Crippen molar-refractivity contribution in [1.29, 1.82) is 0 Å². The Morgan fingerprint density at radius 3 is 2.69 bits per heavy atom. The molecule has 1 N–H and O–H groups in total. The number of nitrogens with zero attached hydrogens (tertiary/aromatic N) is 4. The topological polar surface area (TPSA) is 112 Å². The summed E-state index contributed by atoms with van der Waals surface area (Å²) in [4.78, 5) is 24.5. The molecule has 0 unspecified atom stereocenters. The van der Waals surface area contributed by atoms with Crippen LogP contribution in [0.1, 0.15) is 10.6 Å². The number of para-hydroxylation sites is 1. The average Bonchev–Trinajstić information content (AvgIpc) is 3.25. The van der Waals surface area contributed by atoms with Gasteiger partial charge in [-0.15, -0.1) is 15.3 Å². The zero-order chi connectivity index (χ0) is 21.9. The van der Waals surface area contributed by atoms with Gasteiger partial charge >= 0.3 is 0 Å². The predicted molar refractivity (Wildman–Crippen MR) is 117 cm³/mol. The van der Waals surface area contributed by atoms with Gasteiger partial charge in [0.25, 0.3) is 5.91 Å². The molecule has 0 spiro atoms. The molecule has 0 atom stereocenters. The minimum Gasteiger partial charge on any atom is -0.475 e. The van der Waals surface area contributed by atoms with Crippen molar-refractivity contribution in [3.63, 3.8) is 0 Å². The maximum Gasteiger partial charge on any atom is 0.287 e. The molecule has 9 heteroatoms. The lowest BCUT2D eigenvalue weighted by Crippen LogP contribution is -2.29. The quantitative estimate of drug-likeness (QED) is 0.415. The average molecular weight is 427 g/mol. The van der Waals surface area contributed by atoms with Crippen LogP contribution in [0.3, 0.4) is 0 Å². The Bertz CT molecular complexity index is 1480. The second-order valence-corrected chi connectivity index (χ2v) is 6.91. The van der Waals surface area contributed by atoms with Gasteiger partial charge in [0.05, 0.1) is 11.9 Å². The van der Waals surface area contributed by atoms with E-state index in [2.05, 4.69) is 20.6 Å². The Balaban J connectivity index is 1.24. The largest absolute Gasteiger partial charge is 0.475 e. The van der Waals surface area contributed by atoms with Crippen molar-refractivity contribution in [1.82, 2.24) is 25.1 Å². The molecule has 0 aliphatic carbocycles. The smallest absolute Gasteiger partial charge is 0.287 e. The van der Waals surface area contributed by atoms with Crippen LogP contribution in [0.2, 0.25) is 0 Å². The van der Waals surface area contributed by atoms with Crippen molar-refractivity contribution in [2.75, 3.05) is 13.2 Å². The third-order valence-corrected chi connectivity index (χ3v) is 4.77. The maximum atomic E-state index is 12.4. The highest BCUT2D eigenvalue weighted by atomic mass is 16.5. The fourth-order valence-corrected chi connectivity index (χ4v) is 3.24. The molecule has 0 bridgehead atoms. The second kappa shape index (κ2) is 8.31. The van der Waals surface area contributed by atoms with E-state index < -0.39 is 5.91 Å². The molecule has 0 aliphatic rings. The minimum atomic E-state index is -0.495. The number of aromatic nitrogens is 4. The highest BCUT2D eigenvalue weighted by Gasteiger charge is 2.13.